The van der Waals surface area contributed by atoms with Gasteiger partial charge < -0.3 is 14.9 Å². The van der Waals surface area contributed by atoms with Crippen LogP contribution in [0.25, 0.3) is 0 Å². The molecule has 2 N–H and O–H groups in total. The van der Waals surface area contributed by atoms with Crippen molar-refractivity contribution in [2.75, 3.05) is 0 Å². The van der Waals surface area contributed by atoms with Crippen molar-refractivity contribution in [1.29, 1.82) is 0 Å². The van der Waals surface area contributed by atoms with E-state index < -0.39 is 12.0 Å². The summed E-state index contributed by atoms with van der Waals surface area (Å²) in [6, 6.07) is 5.38. The fourth-order valence-corrected chi connectivity index (χ4v) is 2.38. The lowest BCUT2D eigenvalue weighted by molar-refractivity contribution is 0.0696. The number of nitrogens with zero attached hydrogens (tertiary/aromatic N) is 2. The van der Waals surface area contributed by atoms with Gasteiger partial charge in [0.1, 0.15) is 6.04 Å². The number of amides is 1. The Morgan fingerprint density at radius 3 is 2.38 bits per heavy atom. The van der Waals surface area contributed by atoms with E-state index in [0.29, 0.717) is 23.2 Å². The zero-order chi connectivity index (χ0) is 17.3. The van der Waals surface area contributed by atoms with Gasteiger partial charge in [-0.3, -0.25) is 4.79 Å². The van der Waals surface area contributed by atoms with Gasteiger partial charge in [0.25, 0.3) is 5.91 Å². The molecule has 0 bridgehead atoms. The highest BCUT2D eigenvalue weighted by Crippen LogP contribution is 2.38. The first kappa shape index (κ1) is 16.2. The number of benzene rings is 1. The quantitative estimate of drug-likeness (QED) is 0.844. The molecule has 7 nitrogen and oxygen atoms in total. The van der Waals surface area contributed by atoms with Gasteiger partial charge in [-0.25, -0.2) is 4.79 Å². The molecule has 1 unspecified atom stereocenters. The Bertz CT molecular complexity index is 747. The van der Waals surface area contributed by atoms with Crippen molar-refractivity contribution in [2.24, 2.45) is 5.92 Å². The number of hydrogen-bond acceptors (Lipinski definition) is 5. The standard InChI is InChI=1S/C17H19N3O4/c1-9(2)13(16-19-14(20-24-16)10-3-4-10)18-15(21)11-5-7-12(8-6-11)17(22)23/h5-10,13H,3-4H2,1-2H3,(H,18,21)(H,22,23). The largest absolute Gasteiger partial charge is 0.478 e. The molecule has 0 spiro atoms. The van der Waals surface area contributed by atoms with Crippen LogP contribution in [0.1, 0.15) is 71.1 Å². The summed E-state index contributed by atoms with van der Waals surface area (Å²) in [5.41, 5.74) is 0.519. The molecule has 3 rings (SSSR count). The van der Waals surface area contributed by atoms with Crippen LogP contribution in [-0.2, 0) is 0 Å². The average molecular weight is 329 g/mol. The van der Waals surface area contributed by atoms with Gasteiger partial charge in [-0.15, -0.1) is 0 Å². The van der Waals surface area contributed by atoms with Gasteiger partial charge in [-0.1, -0.05) is 19.0 Å². The minimum atomic E-state index is -1.03. The molecule has 1 aliphatic rings. The van der Waals surface area contributed by atoms with Gasteiger partial charge in [0.2, 0.25) is 5.89 Å². The molecule has 7 heteroatoms. The molecule has 0 saturated heterocycles. The molecule has 1 aliphatic carbocycles. The molecule has 24 heavy (non-hydrogen) atoms. The molecule has 0 radical (unpaired) electrons. The second-order valence-electron chi connectivity index (χ2n) is 6.34. The van der Waals surface area contributed by atoms with E-state index in [1.165, 1.54) is 24.3 Å². The van der Waals surface area contributed by atoms with E-state index in [1.54, 1.807) is 0 Å². The first-order valence-corrected chi connectivity index (χ1v) is 7.93. The Hall–Kier alpha value is -2.70. The normalized spacial score (nSPS) is 15.3. The van der Waals surface area contributed by atoms with Crippen LogP contribution in [0.5, 0.6) is 0 Å². The topological polar surface area (TPSA) is 105 Å². The maximum atomic E-state index is 12.4. The second-order valence-corrected chi connectivity index (χ2v) is 6.34. The summed E-state index contributed by atoms with van der Waals surface area (Å²) >= 11 is 0. The van der Waals surface area contributed by atoms with E-state index in [9.17, 15) is 9.59 Å². The van der Waals surface area contributed by atoms with Crippen molar-refractivity contribution < 1.29 is 19.2 Å². The third-order valence-electron chi connectivity index (χ3n) is 4.01. The summed E-state index contributed by atoms with van der Waals surface area (Å²) in [6.07, 6.45) is 2.15. The highest BCUT2D eigenvalue weighted by molar-refractivity contribution is 5.96. The Labute approximate surface area is 139 Å². The highest BCUT2D eigenvalue weighted by Gasteiger charge is 2.31. The van der Waals surface area contributed by atoms with Crippen LogP contribution >= 0.6 is 0 Å². The van der Waals surface area contributed by atoms with Crippen molar-refractivity contribution in [2.45, 2.75) is 38.6 Å². The minimum absolute atomic E-state index is 0.0692. The van der Waals surface area contributed by atoms with E-state index >= 15 is 0 Å². The van der Waals surface area contributed by atoms with E-state index in [2.05, 4.69) is 15.5 Å². The molecule has 1 aromatic carbocycles. The SMILES string of the molecule is CC(C)C(NC(=O)c1ccc(C(=O)O)cc1)c1nc(C2CC2)no1. The number of rotatable bonds is 6. The van der Waals surface area contributed by atoms with E-state index in [4.69, 9.17) is 9.63 Å². The van der Waals surface area contributed by atoms with Crippen LogP contribution < -0.4 is 5.32 Å². The molecule has 1 heterocycles. The summed E-state index contributed by atoms with van der Waals surface area (Å²) < 4.78 is 5.32. The van der Waals surface area contributed by atoms with Crippen LogP contribution in [0, 0.1) is 5.92 Å². The highest BCUT2D eigenvalue weighted by atomic mass is 16.5. The predicted molar refractivity (Wildman–Crippen MR) is 84.7 cm³/mol. The first-order chi connectivity index (χ1) is 11.5. The molecule has 1 saturated carbocycles. The molecule has 1 atom stereocenters. The summed E-state index contributed by atoms with van der Waals surface area (Å²) in [6.45, 7) is 3.92. The summed E-state index contributed by atoms with van der Waals surface area (Å²) in [5.74, 6) is 0.227. The smallest absolute Gasteiger partial charge is 0.335 e. The van der Waals surface area contributed by atoms with Crippen molar-refractivity contribution in [3.8, 4) is 0 Å². The maximum absolute atomic E-state index is 12.4. The fraction of sp³-hybridized carbons (Fsp3) is 0.412. The van der Waals surface area contributed by atoms with Crippen LogP contribution in [0.2, 0.25) is 0 Å². The monoisotopic (exact) mass is 329 g/mol. The lowest BCUT2D eigenvalue weighted by Gasteiger charge is -2.18. The van der Waals surface area contributed by atoms with E-state index in [1.807, 2.05) is 13.8 Å². The molecule has 126 valence electrons. The van der Waals surface area contributed by atoms with E-state index in [-0.39, 0.29) is 17.4 Å². The second kappa shape index (κ2) is 6.43. The third kappa shape index (κ3) is 3.45. The number of carbonyl (C=O) groups is 2. The van der Waals surface area contributed by atoms with Gasteiger partial charge in [0.15, 0.2) is 5.82 Å². The molecule has 0 aliphatic heterocycles. The van der Waals surface area contributed by atoms with Crippen molar-refractivity contribution >= 4 is 11.9 Å². The average Bonchev–Trinajstić information content (AvgIpc) is 3.30. The number of nitrogens with one attached hydrogen (secondary N) is 1. The van der Waals surface area contributed by atoms with Gasteiger partial charge in [0, 0.05) is 11.5 Å². The minimum Gasteiger partial charge on any atom is -0.478 e. The van der Waals surface area contributed by atoms with E-state index in [0.717, 1.165) is 12.8 Å². The third-order valence-corrected chi connectivity index (χ3v) is 4.01. The number of aromatic nitrogens is 2. The Morgan fingerprint density at radius 1 is 1.21 bits per heavy atom. The summed E-state index contributed by atoms with van der Waals surface area (Å²) in [4.78, 5) is 27.7. The van der Waals surface area contributed by atoms with Gasteiger partial charge in [-0.2, -0.15) is 4.98 Å². The predicted octanol–water partition coefficient (Wildman–Crippen LogP) is 2.77. The number of carboxylic acid groups (broad SMARTS) is 1. The zero-order valence-corrected chi connectivity index (χ0v) is 13.5. The molecule has 1 amide bonds. The first-order valence-electron chi connectivity index (χ1n) is 7.93. The van der Waals surface area contributed by atoms with Gasteiger partial charge in [-0.05, 0) is 43.0 Å². The molecular weight excluding hydrogens is 310 g/mol. The van der Waals surface area contributed by atoms with Crippen LogP contribution in [0.3, 0.4) is 0 Å². The number of carbonyl (C=O) groups excluding carboxylic acids is 1. The fourth-order valence-electron chi connectivity index (χ4n) is 2.38. The Balaban J connectivity index is 1.74. The maximum Gasteiger partial charge on any atom is 0.335 e. The van der Waals surface area contributed by atoms with Crippen molar-refractivity contribution in [3.63, 3.8) is 0 Å². The molecular formula is C17H19N3O4. The Kier molecular flexibility index (Phi) is 4.33. The van der Waals surface area contributed by atoms with Crippen LogP contribution in [0.15, 0.2) is 28.8 Å². The van der Waals surface area contributed by atoms with Gasteiger partial charge in [0.05, 0.1) is 5.56 Å². The zero-order valence-electron chi connectivity index (χ0n) is 13.5. The lowest BCUT2D eigenvalue weighted by atomic mass is 10.0. The number of hydrogen-bond donors (Lipinski definition) is 2. The van der Waals surface area contributed by atoms with Crippen LogP contribution in [-0.4, -0.2) is 27.1 Å². The summed E-state index contributed by atoms with van der Waals surface area (Å²) in [7, 11) is 0. The Morgan fingerprint density at radius 2 is 1.83 bits per heavy atom. The van der Waals surface area contributed by atoms with Gasteiger partial charge >= 0.3 is 5.97 Å². The summed E-state index contributed by atoms with van der Waals surface area (Å²) in [5, 5.41) is 15.8. The van der Waals surface area contributed by atoms with Crippen molar-refractivity contribution in [1.82, 2.24) is 15.5 Å². The molecule has 1 aromatic heterocycles. The lowest BCUT2D eigenvalue weighted by Crippen LogP contribution is -2.32. The molecule has 1 fully saturated rings. The van der Waals surface area contributed by atoms with Crippen molar-refractivity contribution in [3.05, 3.63) is 47.1 Å². The number of aromatic carboxylic acids is 1. The number of carboxylic acids is 1. The molecule has 2 aromatic rings. The van der Waals surface area contributed by atoms with Crippen LogP contribution in [0.4, 0.5) is 0 Å².